The van der Waals surface area contributed by atoms with Gasteiger partial charge < -0.3 is 26.0 Å². The summed E-state index contributed by atoms with van der Waals surface area (Å²) in [7, 11) is 0. The fourth-order valence-corrected chi connectivity index (χ4v) is 5.60. The van der Waals surface area contributed by atoms with Gasteiger partial charge in [-0.25, -0.2) is 9.59 Å². The molecule has 4 rings (SSSR count). The zero-order chi connectivity index (χ0) is 26.7. The predicted molar refractivity (Wildman–Crippen MR) is 135 cm³/mol. The molecule has 10 heteroatoms. The number of allylic oxidation sites excluding steroid dienone is 1. The van der Waals surface area contributed by atoms with Gasteiger partial charge >= 0.3 is 12.0 Å². The van der Waals surface area contributed by atoms with Crippen LogP contribution in [0.2, 0.25) is 0 Å². The van der Waals surface area contributed by atoms with E-state index in [-0.39, 0.29) is 29.4 Å². The number of carboxylic acids is 1. The van der Waals surface area contributed by atoms with Gasteiger partial charge in [-0.15, -0.1) is 0 Å². The molecule has 5 atom stereocenters. The number of nitrogens with one attached hydrogen (secondary N) is 3. The lowest BCUT2D eigenvalue weighted by atomic mass is 9.97. The number of carboxylic acid groups (broad SMARTS) is 1. The summed E-state index contributed by atoms with van der Waals surface area (Å²) >= 11 is 0. The SMILES string of the molecule is CC(C)[C@H](NC(=O)N[C@H]1CCCCC/C=C\C2C[C@@]2(C(=O)O)NC(=O)[C@@H]2CCCN2C1=O)C(=O)C1CC1. The summed E-state index contributed by atoms with van der Waals surface area (Å²) < 4.78 is 0. The molecular weight excluding hydrogens is 476 g/mol. The molecule has 204 valence electrons. The smallest absolute Gasteiger partial charge is 0.330 e. The molecule has 1 unspecified atom stereocenters. The van der Waals surface area contributed by atoms with Crippen LogP contribution in [0.15, 0.2) is 12.2 Å². The second kappa shape index (κ2) is 11.2. The maximum absolute atomic E-state index is 13.6. The monoisotopic (exact) mass is 516 g/mol. The molecule has 4 aliphatic rings. The number of nitrogens with zero attached hydrogens (tertiary/aromatic N) is 1. The third-order valence-electron chi connectivity index (χ3n) is 8.16. The van der Waals surface area contributed by atoms with Crippen LogP contribution in [0.1, 0.15) is 78.1 Å². The van der Waals surface area contributed by atoms with Crippen LogP contribution in [-0.2, 0) is 19.2 Å². The Labute approximate surface area is 218 Å². The van der Waals surface area contributed by atoms with Crippen molar-refractivity contribution in [3.8, 4) is 0 Å². The molecule has 4 N–H and O–H groups in total. The Bertz CT molecular complexity index is 961. The van der Waals surface area contributed by atoms with Crippen LogP contribution in [0.5, 0.6) is 0 Å². The Balaban J connectivity index is 1.48. The molecule has 2 saturated carbocycles. The molecule has 2 aliphatic carbocycles. The van der Waals surface area contributed by atoms with Gasteiger partial charge in [-0.05, 0) is 57.3 Å². The first-order valence-corrected chi connectivity index (χ1v) is 13.8. The van der Waals surface area contributed by atoms with E-state index in [1.165, 1.54) is 4.90 Å². The second-order valence-corrected chi connectivity index (χ2v) is 11.4. The van der Waals surface area contributed by atoms with Gasteiger partial charge in [-0.3, -0.25) is 14.4 Å². The summed E-state index contributed by atoms with van der Waals surface area (Å²) in [5.41, 5.74) is -1.32. The van der Waals surface area contributed by atoms with Gasteiger partial charge in [0.05, 0.1) is 6.04 Å². The van der Waals surface area contributed by atoms with Gasteiger partial charge in [0, 0.05) is 18.4 Å². The number of carbonyl (C=O) groups is 5. The minimum Gasteiger partial charge on any atom is -0.479 e. The van der Waals surface area contributed by atoms with E-state index in [4.69, 9.17) is 0 Å². The van der Waals surface area contributed by atoms with Gasteiger partial charge in [0.25, 0.3) is 0 Å². The van der Waals surface area contributed by atoms with Gasteiger partial charge in [-0.2, -0.15) is 0 Å². The van der Waals surface area contributed by atoms with Crippen molar-refractivity contribution in [1.82, 2.24) is 20.9 Å². The predicted octanol–water partition coefficient (Wildman–Crippen LogP) is 2.13. The van der Waals surface area contributed by atoms with Gasteiger partial charge in [-0.1, -0.05) is 38.8 Å². The summed E-state index contributed by atoms with van der Waals surface area (Å²) in [6, 6.07) is -2.77. The Morgan fingerprint density at radius 2 is 1.84 bits per heavy atom. The Kier molecular flexibility index (Phi) is 8.23. The van der Waals surface area contributed by atoms with E-state index in [9.17, 15) is 29.1 Å². The molecule has 0 spiro atoms. The van der Waals surface area contributed by atoms with Crippen molar-refractivity contribution in [3.05, 3.63) is 12.2 Å². The number of rotatable bonds is 6. The average molecular weight is 517 g/mol. The molecule has 3 fully saturated rings. The molecular formula is C27H40N4O6. The van der Waals surface area contributed by atoms with Crippen LogP contribution < -0.4 is 16.0 Å². The fourth-order valence-electron chi connectivity index (χ4n) is 5.60. The molecule has 0 aromatic carbocycles. The lowest BCUT2D eigenvalue weighted by Gasteiger charge is -2.30. The topological polar surface area (TPSA) is 145 Å². The number of urea groups is 1. The summed E-state index contributed by atoms with van der Waals surface area (Å²) in [6.45, 7) is 4.14. The van der Waals surface area contributed by atoms with E-state index in [2.05, 4.69) is 16.0 Å². The maximum Gasteiger partial charge on any atom is 0.330 e. The van der Waals surface area contributed by atoms with E-state index in [1.807, 2.05) is 26.0 Å². The Hall–Kier alpha value is -2.91. The standard InChI is InChI=1S/C27H40N4O6/c1-16(2)21(22(32)17-12-13-17)29-26(37)28-19-10-7-5-3-4-6-9-18-15-27(18,25(35)36)30-23(33)20-11-8-14-31(20)24(19)34/h6,9,16-21H,3-5,7-8,10-15H2,1-2H3,(H,30,33)(H,35,36)(H2,28,29,37)/b9-6-/t18?,19-,20-,21-,27+/m0/s1. The molecule has 0 aromatic heterocycles. The van der Waals surface area contributed by atoms with Crippen LogP contribution in [0.4, 0.5) is 4.79 Å². The zero-order valence-electron chi connectivity index (χ0n) is 21.8. The Morgan fingerprint density at radius 1 is 1.08 bits per heavy atom. The lowest BCUT2D eigenvalue weighted by Crippen LogP contribution is -2.58. The zero-order valence-corrected chi connectivity index (χ0v) is 21.8. The quantitative estimate of drug-likeness (QED) is 0.398. The first-order valence-electron chi connectivity index (χ1n) is 13.8. The van der Waals surface area contributed by atoms with Crippen LogP contribution >= 0.6 is 0 Å². The highest BCUT2D eigenvalue weighted by Crippen LogP contribution is 2.45. The highest BCUT2D eigenvalue weighted by Gasteiger charge is 2.61. The second-order valence-electron chi connectivity index (χ2n) is 11.4. The molecule has 0 aromatic rings. The first kappa shape index (κ1) is 27.1. The number of Topliss-reactive ketones (excluding diaryl/α,β-unsaturated/α-hetero) is 1. The number of ketones is 1. The lowest BCUT2D eigenvalue weighted by molar-refractivity contribution is -0.145. The number of carbonyl (C=O) groups excluding carboxylic acids is 4. The largest absolute Gasteiger partial charge is 0.479 e. The molecule has 4 amide bonds. The normalized spacial score (nSPS) is 32.2. The van der Waals surface area contributed by atoms with Crippen molar-refractivity contribution in [2.75, 3.05) is 6.54 Å². The molecule has 37 heavy (non-hydrogen) atoms. The first-order chi connectivity index (χ1) is 17.6. The number of fused-ring (bicyclic) bond motifs is 2. The van der Waals surface area contributed by atoms with E-state index in [0.29, 0.717) is 38.6 Å². The average Bonchev–Trinajstić information content (AvgIpc) is 3.76. The van der Waals surface area contributed by atoms with Gasteiger partial charge in [0.2, 0.25) is 11.8 Å². The molecule has 1 saturated heterocycles. The van der Waals surface area contributed by atoms with Crippen LogP contribution in [-0.4, -0.2) is 69.8 Å². The van der Waals surface area contributed by atoms with E-state index >= 15 is 0 Å². The van der Waals surface area contributed by atoms with E-state index < -0.39 is 41.6 Å². The van der Waals surface area contributed by atoms with Gasteiger partial charge in [0.15, 0.2) is 5.78 Å². The van der Waals surface area contributed by atoms with Crippen molar-refractivity contribution in [1.29, 1.82) is 0 Å². The van der Waals surface area contributed by atoms with Crippen molar-refractivity contribution >= 4 is 29.6 Å². The molecule has 10 nitrogen and oxygen atoms in total. The number of aliphatic carboxylic acids is 1. The van der Waals surface area contributed by atoms with Crippen molar-refractivity contribution in [2.45, 2.75) is 102 Å². The molecule has 0 radical (unpaired) electrons. The fraction of sp³-hybridized carbons (Fsp3) is 0.741. The number of hydrogen-bond donors (Lipinski definition) is 4. The Morgan fingerprint density at radius 3 is 2.51 bits per heavy atom. The van der Waals surface area contributed by atoms with Crippen LogP contribution in [0, 0.1) is 17.8 Å². The third kappa shape index (κ3) is 6.15. The summed E-state index contributed by atoms with van der Waals surface area (Å²) in [6.07, 6.45) is 10.6. The summed E-state index contributed by atoms with van der Waals surface area (Å²) in [4.78, 5) is 65.9. The van der Waals surface area contributed by atoms with E-state index in [0.717, 1.165) is 32.1 Å². The van der Waals surface area contributed by atoms with Crippen LogP contribution in [0.25, 0.3) is 0 Å². The third-order valence-corrected chi connectivity index (χ3v) is 8.16. The van der Waals surface area contributed by atoms with Crippen molar-refractivity contribution in [2.24, 2.45) is 17.8 Å². The minimum atomic E-state index is -1.32. The maximum atomic E-state index is 13.6. The minimum absolute atomic E-state index is 0.00542. The molecule has 2 aliphatic heterocycles. The number of amides is 4. The van der Waals surface area contributed by atoms with Crippen molar-refractivity contribution in [3.63, 3.8) is 0 Å². The van der Waals surface area contributed by atoms with E-state index in [1.54, 1.807) is 0 Å². The molecule has 2 heterocycles. The van der Waals surface area contributed by atoms with Crippen molar-refractivity contribution < 1.29 is 29.1 Å². The highest BCUT2D eigenvalue weighted by atomic mass is 16.4. The van der Waals surface area contributed by atoms with Crippen LogP contribution in [0.3, 0.4) is 0 Å². The molecule has 0 bridgehead atoms. The summed E-state index contributed by atoms with van der Waals surface area (Å²) in [5, 5.41) is 18.1. The highest BCUT2D eigenvalue weighted by molar-refractivity contribution is 5.97. The number of hydrogen-bond acceptors (Lipinski definition) is 5. The summed E-state index contributed by atoms with van der Waals surface area (Å²) in [5.74, 6) is -2.15. The van der Waals surface area contributed by atoms with Gasteiger partial charge in [0.1, 0.15) is 17.6 Å².